The number of rotatable bonds is 23. The quantitative estimate of drug-likeness (QED) is 0.0653. The van der Waals surface area contributed by atoms with Crippen LogP contribution >= 0.6 is 0 Å². The van der Waals surface area contributed by atoms with Crippen molar-refractivity contribution in [2.75, 3.05) is 27.9 Å². The Morgan fingerprint density at radius 3 is 1.86 bits per heavy atom. The van der Waals surface area contributed by atoms with Crippen molar-refractivity contribution in [2.24, 2.45) is 0 Å². The van der Waals surface area contributed by atoms with Crippen molar-refractivity contribution in [1.82, 2.24) is 4.90 Å². The van der Waals surface area contributed by atoms with Crippen LogP contribution in [-0.4, -0.2) is 44.8 Å². The summed E-state index contributed by atoms with van der Waals surface area (Å²) in [5.74, 6) is 1.34. The van der Waals surface area contributed by atoms with Crippen LogP contribution in [-0.2, 0) is 24.4 Å². The van der Waals surface area contributed by atoms with Crippen LogP contribution in [0.5, 0.6) is 23.0 Å². The van der Waals surface area contributed by atoms with Gasteiger partial charge in [-0.1, -0.05) is 89.7 Å². The minimum Gasteiger partial charge on any atom is -1.00 e. The molecule has 0 bridgehead atoms. The van der Waals surface area contributed by atoms with Gasteiger partial charge in [0.05, 0.1) is 40.0 Å². The summed E-state index contributed by atoms with van der Waals surface area (Å²) in [7, 11) is 4.62. The molecule has 0 N–H and O–H groups in total. The second-order valence-corrected chi connectivity index (χ2v) is 12.3. The Bertz CT molecular complexity index is 1410. The molecule has 2 amide bonds. The summed E-state index contributed by atoms with van der Waals surface area (Å²) in [5, 5.41) is 0. The molecule has 10 heteroatoms. The molecule has 0 atom stereocenters. The van der Waals surface area contributed by atoms with Gasteiger partial charge in [0.15, 0.2) is 23.9 Å². The van der Waals surface area contributed by atoms with E-state index in [2.05, 4.69) is 6.92 Å². The second kappa shape index (κ2) is 24.6. The highest BCUT2D eigenvalue weighted by molar-refractivity contribution is 6.04. The molecule has 276 valence electrons. The number of amides is 2. The van der Waals surface area contributed by atoms with E-state index >= 15 is 0 Å². The third-order valence-corrected chi connectivity index (χ3v) is 8.56. The average Bonchev–Trinajstić information content (AvgIpc) is 3.14. The number of carbonyl (C=O) groups excluding carboxylic acids is 2. The standard InChI is InChI=1S/C40H57N2O7.HI/c1-6-8-9-10-11-12-13-14-15-16-17-20-26-48-38-36(46-4)27-33(28-37(38)47-5)31-49-40(44)42(30-32-22-21-25-41(7-2)29-32)39(43)34-23-18-19-24-35(34)45-3;/h18-19,21-25,27-29H,6-17,20,26,30-31H2,1-5H3;1H/q+1;/p-1. The summed E-state index contributed by atoms with van der Waals surface area (Å²) in [4.78, 5) is 28.4. The number of halogens is 1. The fourth-order valence-electron chi connectivity index (χ4n) is 5.74. The van der Waals surface area contributed by atoms with E-state index in [4.69, 9.17) is 23.7 Å². The lowest BCUT2D eigenvalue weighted by Crippen LogP contribution is -3.00. The zero-order valence-corrected chi connectivity index (χ0v) is 32.9. The van der Waals surface area contributed by atoms with Gasteiger partial charge in [-0.25, -0.2) is 14.3 Å². The molecule has 3 rings (SSSR count). The minimum absolute atomic E-state index is 0. The first-order valence-electron chi connectivity index (χ1n) is 17.9. The van der Waals surface area contributed by atoms with E-state index in [1.54, 1.807) is 50.6 Å². The van der Waals surface area contributed by atoms with E-state index in [1.165, 1.54) is 71.3 Å². The molecule has 50 heavy (non-hydrogen) atoms. The fourth-order valence-corrected chi connectivity index (χ4v) is 5.74. The van der Waals surface area contributed by atoms with Crippen molar-refractivity contribution in [3.63, 3.8) is 0 Å². The van der Waals surface area contributed by atoms with Crippen molar-refractivity contribution < 1.29 is 61.8 Å². The van der Waals surface area contributed by atoms with Crippen molar-refractivity contribution in [3.05, 3.63) is 77.6 Å². The van der Waals surface area contributed by atoms with Crippen LogP contribution in [0, 0.1) is 0 Å². The molecule has 0 aliphatic heterocycles. The van der Waals surface area contributed by atoms with Crippen LogP contribution in [0.4, 0.5) is 4.79 Å². The average molecular weight is 805 g/mol. The first-order valence-corrected chi connectivity index (χ1v) is 17.9. The highest BCUT2D eigenvalue weighted by atomic mass is 127. The highest BCUT2D eigenvalue weighted by Crippen LogP contribution is 2.39. The van der Waals surface area contributed by atoms with Gasteiger partial charge >= 0.3 is 6.09 Å². The number of ether oxygens (including phenoxy) is 5. The number of imide groups is 1. The largest absolute Gasteiger partial charge is 1.00 e. The summed E-state index contributed by atoms with van der Waals surface area (Å²) >= 11 is 0. The molecular formula is C40H57IN2O7. The SMILES string of the molecule is CCCCCCCCCCCCCCOc1c(OC)cc(COC(=O)N(Cc2ccc[n+](CC)c2)C(=O)c2ccccc2OC)cc1OC.[I-]. The van der Waals surface area contributed by atoms with Gasteiger partial charge in [-0.05, 0) is 49.2 Å². The smallest absolute Gasteiger partial charge is 0.417 e. The first kappa shape index (κ1) is 42.6. The molecule has 3 aromatic rings. The van der Waals surface area contributed by atoms with Crippen LogP contribution in [0.15, 0.2) is 60.9 Å². The summed E-state index contributed by atoms with van der Waals surface area (Å²) in [6.45, 7) is 5.50. The Morgan fingerprint density at radius 2 is 1.28 bits per heavy atom. The molecule has 0 unspecified atom stereocenters. The highest BCUT2D eigenvalue weighted by Gasteiger charge is 2.28. The molecule has 0 aliphatic carbocycles. The lowest BCUT2D eigenvalue weighted by Gasteiger charge is -2.21. The van der Waals surface area contributed by atoms with Gasteiger partial charge in [0.1, 0.15) is 18.9 Å². The van der Waals surface area contributed by atoms with Gasteiger partial charge in [0.2, 0.25) is 5.75 Å². The maximum Gasteiger partial charge on any atom is 0.417 e. The molecule has 0 radical (unpaired) electrons. The maximum absolute atomic E-state index is 13.7. The minimum atomic E-state index is -0.784. The van der Waals surface area contributed by atoms with E-state index in [1.807, 2.05) is 36.0 Å². The Labute approximate surface area is 316 Å². The number of hydrogen-bond donors (Lipinski definition) is 0. The van der Waals surface area contributed by atoms with Gasteiger partial charge in [-0.3, -0.25) is 4.79 Å². The summed E-state index contributed by atoms with van der Waals surface area (Å²) in [6, 6.07) is 14.1. The number of pyridine rings is 1. The zero-order valence-electron chi connectivity index (χ0n) is 30.7. The molecule has 1 aromatic heterocycles. The third kappa shape index (κ3) is 14.0. The van der Waals surface area contributed by atoms with Crippen molar-refractivity contribution in [2.45, 2.75) is 111 Å². The van der Waals surface area contributed by atoms with E-state index in [-0.39, 0.29) is 42.7 Å². The van der Waals surface area contributed by atoms with Crippen LogP contribution in [0.25, 0.3) is 0 Å². The molecule has 1 heterocycles. The van der Waals surface area contributed by atoms with Crippen LogP contribution < -0.4 is 47.5 Å². The number of unbranched alkanes of at least 4 members (excludes halogenated alkanes) is 11. The lowest BCUT2D eigenvalue weighted by atomic mass is 10.1. The van der Waals surface area contributed by atoms with Gasteiger partial charge < -0.3 is 47.7 Å². The predicted molar refractivity (Wildman–Crippen MR) is 191 cm³/mol. The number of carbonyl (C=O) groups is 2. The molecule has 0 aliphatic rings. The number of para-hydroxylation sites is 1. The second-order valence-electron chi connectivity index (χ2n) is 12.3. The Hall–Kier alpha value is -3.54. The van der Waals surface area contributed by atoms with Crippen LogP contribution in [0.3, 0.4) is 0 Å². The van der Waals surface area contributed by atoms with Crippen molar-refractivity contribution >= 4 is 12.0 Å². The molecule has 2 aromatic carbocycles. The molecule has 0 fully saturated rings. The fraction of sp³-hybridized carbons (Fsp3) is 0.525. The van der Waals surface area contributed by atoms with Gasteiger partial charge in [0.25, 0.3) is 5.91 Å². The predicted octanol–water partition coefficient (Wildman–Crippen LogP) is 6.08. The lowest BCUT2D eigenvalue weighted by molar-refractivity contribution is -0.694. The van der Waals surface area contributed by atoms with E-state index in [0.717, 1.165) is 29.8 Å². The number of aromatic nitrogens is 1. The van der Waals surface area contributed by atoms with Gasteiger partial charge in [-0.2, -0.15) is 0 Å². The van der Waals surface area contributed by atoms with Gasteiger partial charge in [0, 0.05) is 11.6 Å². The normalized spacial score (nSPS) is 10.6. The first-order chi connectivity index (χ1) is 23.9. The van der Waals surface area contributed by atoms with E-state index in [0.29, 0.717) is 35.2 Å². The molecule has 0 saturated heterocycles. The Kier molecular flexibility index (Phi) is 21.0. The van der Waals surface area contributed by atoms with Crippen LogP contribution in [0.1, 0.15) is 112 Å². The van der Waals surface area contributed by atoms with Crippen molar-refractivity contribution in [1.29, 1.82) is 0 Å². The molecule has 9 nitrogen and oxygen atoms in total. The maximum atomic E-state index is 13.7. The monoisotopic (exact) mass is 804 g/mol. The summed E-state index contributed by atoms with van der Waals surface area (Å²) in [6.07, 6.45) is 18.4. The number of methoxy groups -OCH3 is 3. The number of nitrogens with zero attached hydrogens (tertiary/aromatic N) is 2. The van der Waals surface area contributed by atoms with E-state index < -0.39 is 12.0 Å². The summed E-state index contributed by atoms with van der Waals surface area (Å²) in [5.41, 5.74) is 1.68. The summed E-state index contributed by atoms with van der Waals surface area (Å²) < 4.78 is 30.5. The third-order valence-electron chi connectivity index (χ3n) is 8.56. The van der Waals surface area contributed by atoms with Gasteiger partial charge in [-0.15, -0.1) is 0 Å². The molecule has 0 saturated carbocycles. The number of aryl methyl sites for hydroxylation is 1. The van der Waals surface area contributed by atoms with Crippen molar-refractivity contribution in [3.8, 4) is 23.0 Å². The zero-order chi connectivity index (χ0) is 35.3. The topological polar surface area (TPSA) is 87.4 Å². The molecule has 0 spiro atoms. The number of hydrogen-bond acceptors (Lipinski definition) is 7. The van der Waals surface area contributed by atoms with E-state index in [9.17, 15) is 9.59 Å². The number of benzene rings is 2. The van der Waals surface area contributed by atoms with Crippen LogP contribution in [0.2, 0.25) is 0 Å². The Morgan fingerprint density at radius 1 is 0.700 bits per heavy atom. The molecular weight excluding hydrogens is 747 g/mol. The Balaban J connectivity index is 0.00000867.